The Hall–Kier alpha value is -2.74. The number of rotatable bonds is 9. The van der Waals surface area contributed by atoms with E-state index in [9.17, 15) is 23.3 Å². The van der Waals surface area contributed by atoms with Gasteiger partial charge in [-0.05, 0) is 24.0 Å². The highest BCUT2D eigenvalue weighted by Gasteiger charge is 2.18. The molecule has 0 aliphatic heterocycles. The Bertz CT molecular complexity index is 864. The van der Waals surface area contributed by atoms with Crippen molar-refractivity contribution in [2.24, 2.45) is 0 Å². The molecule has 0 saturated heterocycles. The molecule has 0 amide bonds. The quantitative estimate of drug-likeness (QED) is 0.378. The Kier molecular flexibility index (Phi) is 6.85. The van der Waals surface area contributed by atoms with Crippen LogP contribution in [0.3, 0.4) is 0 Å². The number of aryl methyl sites for hydroxylation is 1. The van der Waals surface area contributed by atoms with E-state index in [1.54, 1.807) is 6.07 Å². The van der Waals surface area contributed by atoms with Gasteiger partial charge < -0.3 is 4.74 Å². The lowest BCUT2D eigenvalue weighted by molar-refractivity contribution is -0.384. The molecule has 0 unspecified atom stereocenters. The molecule has 2 aromatic rings. The van der Waals surface area contributed by atoms with Crippen molar-refractivity contribution in [3.05, 3.63) is 75.8 Å². The summed E-state index contributed by atoms with van der Waals surface area (Å²) in [5.74, 6) is -1.67. The van der Waals surface area contributed by atoms with Gasteiger partial charge in [-0.1, -0.05) is 42.5 Å². The largest absolute Gasteiger partial charge is 0.460 e. The molecule has 0 atom stereocenters. The molecule has 0 aliphatic rings. The van der Waals surface area contributed by atoms with E-state index in [4.69, 9.17) is 4.74 Å². The fourth-order valence-corrected chi connectivity index (χ4v) is 3.53. The lowest BCUT2D eigenvalue weighted by atomic mass is 10.1. The summed E-state index contributed by atoms with van der Waals surface area (Å²) in [5.41, 5.74) is 1.34. The van der Waals surface area contributed by atoms with Crippen LogP contribution in [-0.2, 0) is 32.4 Å². The van der Waals surface area contributed by atoms with Gasteiger partial charge in [0, 0.05) is 12.1 Å². The third-order valence-corrected chi connectivity index (χ3v) is 5.21. The van der Waals surface area contributed by atoms with Crippen molar-refractivity contribution in [2.75, 3.05) is 11.5 Å². The van der Waals surface area contributed by atoms with Crippen molar-refractivity contribution in [3.63, 3.8) is 0 Å². The molecule has 26 heavy (non-hydrogen) atoms. The van der Waals surface area contributed by atoms with Gasteiger partial charge in [-0.2, -0.15) is 0 Å². The molecule has 0 heterocycles. The highest BCUT2D eigenvalue weighted by molar-refractivity contribution is 7.92. The van der Waals surface area contributed by atoms with E-state index >= 15 is 0 Å². The van der Waals surface area contributed by atoms with Gasteiger partial charge in [0.1, 0.15) is 12.4 Å². The Morgan fingerprint density at radius 1 is 1.04 bits per heavy atom. The zero-order valence-electron chi connectivity index (χ0n) is 14.0. The number of nitro groups is 1. The fourth-order valence-electron chi connectivity index (χ4n) is 2.36. The van der Waals surface area contributed by atoms with Crippen LogP contribution in [0.1, 0.15) is 17.5 Å². The Morgan fingerprint density at radius 3 is 2.42 bits per heavy atom. The van der Waals surface area contributed by atoms with Crippen molar-refractivity contribution in [2.45, 2.75) is 19.4 Å². The smallest absolute Gasteiger partial charge is 0.321 e. The summed E-state index contributed by atoms with van der Waals surface area (Å²) in [7, 11) is -3.56. The Balaban J connectivity index is 1.78. The van der Waals surface area contributed by atoms with Gasteiger partial charge in [0.25, 0.3) is 5.69 Å². The van der Waals surface area contributed by atoms with Crippen molar-refractivity contribution in [1.29, 1.82) is 0 Å². The van der Waals surface area contributed by atoms with Crippen molar-refractivity contribution in [3.8, 4) is 0 Å². The van der Waals surface area contributed by atoms with E-state index in [0.29, 0.717) is 18.4 Å². The SMILES string of the molecule is O=C(CS(=O)(=O)CCCc1ccccc1)OCc1cccc([N+](=O)[O-])c1. The number of ether oxygens (including phenoxy) is 1. The van der Waals surface area contributed by atoms with Crippen LogP contribution in [0.15, 0.2) is 54.6 Å². The summed E-state index contributed by atoms with van der Waals surface area (Å²) in [6.07, 6.45) is 1.04. The summed E-state index contributed by atoms with van der Waals surface area (Å²) in [5, 5.41) is 10.7. The highest BCUT2D eigenvalue weighted by atomic mass is 32.2. The molecule has 0 fully saturated rings. The summed E-state index contributed by atoms with van der Waals surface area (Å²) >= 11 is 0. The first-order valence-electron chi connectivity index (χ1n) is 7.99. The summed E-state index contributed by atoms with van der Waals surface area (Å²) in [6.45, 7) is -0.208. The average molecular weight is 377 g/mol. The number of sulfone groups is 1. The monoisotopic (exact) mass is 377 g/mol. The zero-order valence-corrected chi connectivity index (χ0v) is 14.9. The molecule has 0 aromatic heterocycles. The van der Waals surface area contributed by atoms with Crippen LogP contribution in [0.5, 0.6) is 0 Å². The molecule has 2 aromatic carbocycles. The van der Waals surface area contributed by atoms with E-state index in [1.807, 2.05) is 30.3 Å². The van der Waals surface area contributed by atoms with Gasteiger partial charge >= 0.3 is 5.97 Å². The van der Waals surface area contributed by atoms with E-state index in [-0.39, 0.29) is 18.0 Å². The molecule has 0 bridgehead atoms. The zero-order chi connectivity index (χ0) is 19.0. The normalized spacial score (nSPS) is 11.1. The maximum atomic E-state index is 12.0. The molecule has 0 aliphatic carbocycles. The van der Waals surface area contributed by atoms with Crippen LogP contribution in [0.4, 0.5) is 5.69 Å². The first-order valence-corrected chi connectivity index (χ1v) is 9.81. The second kappa shape index (κ2) is 9.10. The predicted octanol–water partition coefficient (Wildman–Crippen LogP) is 2.69. The molecule has 0 radical (unpaired) electrons. The molecule has 7 nitrogen and oxygen atoms in total. The maximum Gasteiger partial charge on any atom is 0.321 e. The maximum absolute atomic E-state index is 12.0. The Morgan fingerprint density at radius 2 is 1.73 bits per heavy atom. The predicted molar refractivity (Wildman–Crippen MR) is 96.3 cm³/mol. The van der Waals surface area contributed by atoms with Gasteiger partial charge in [0.15, 0.2) is 9.84 Å². The molecule has 0 saturated carbocycles. The van der Waals surface area contributed by atoms with Crippen LogP contribution in [0.25, 0.3) is 0 Å². The molecule has 138 valence electrons. The average Bonchev–Trinajstić information content (AvgIpc) is 2.60. The first-order chi connectivity index (χ1) is 12.4. The van der Waals surface area contributed by atoms with Gasteiger partial charge in [0.05, 0.1) is 10.7 Å². The van der Waals surface area contributed by atoms with Gasteiger partial charge in [-0.25, -0.2) is 8.42 Å². The van der Waals surface area contributed by atoms with Crippen LogP contribution in [-0.4, -0.2) is 30.8 Å². The van der Waals surface area contributed by atoms with Crippen LogP contribution < -0.4 is 0 Å². The van der Waals surface area contributed by atoms with Gasteiger partial charge in [-0.3, -0.25) is 14.9 Å². The summed E-state index contributed by atoms with van der Waals surface area (Å²) in [6, 6.07) is 15.1. The van der Waals surface area contributed by atoms with Crippen molar-refractivity contribution >= 4 is 21.5 Å². The van der Waals surface area contributed by atoms with Gasteiger partial charge in [0.2, 0.25) is 0 Å². The fraction of sp³-hybridized carbons (Fsp3) is 0.278. The number of benzene rings is 2. The third kappa shape index (κ3) is 6.64. The Labute approximate surface area is 151 Å². The van der Waals surface area contributed by atoms with Crippen molar-refractivity contribution < 1.29 is 22.9 Å². The van der Waals surface area contributed by atoms with E-state index in [0.717, 1.165) is 5.56 Å². The number of carbonyl (C=O) groups excluding carboxylic acids is 1. The molecular weight excluding hydrogens is 358 g/mol. The molecule has 0 spiro atoms. The minimum Gasteiger partial charge on any atom is -0.460 e. The minimum atomic E-state index is -3.56. The van der Waals surface area contributed by atoms with Crippen LogP contribution in [0.2, 0.25) is 0 Å². The van der Waals surface area contributed by atoms with E-state index < -0.39 is 26.5 Å². The van der Waals surface area contributed by atoms with Crippen molar-refractivity contribution in [1.82, 2.24) is 0 Å². The molecule has 8 heteroatoms. The van der Waals surface area contributed by atoms with Crippen LogP contribution >= 0.6 is 0 Å². The lowest BCUT2D eigenvalue weighted by Crippen LogP contribution is -2.21. The van der Waals surface area contributed by atoms with Crippen LogP contribution in [0, 0.1) is 10.1 Å². The number of esters is 1. The molecular formula is C18H19NO6S. The van der Waals surface area contributed by atoms with Gasteiger partial charge in [-0.15, -0.1) is 0 Å². The topological polar surface area (TPSA) is 104 Å². The second-order valence-electron chi connectivity index (χ2n) is 5.77. The lowest BCUT2D eigenvalue weighted by Gasteiger charge is -2.06. The molecule has 0 N–H and O–H groups in total. The standard InChI is InChI=1S/C18H19NO6S/c20-18(25-13-16-8-4-10-17(12-16)19(21)22)14-26(23,24)11-5-9-15-6-2-1-3-7-15/h1-4,6-8,10,12H,5,9,11,13-14H2. The number of hydrogen-bond donors (Lipinski definition) is 0. The minimum absolute atomic E-state index is 0.103. The number of hydrogen-bond acceptors (Lipinski definition) is 6. The van der Waals surface area contributed by atoms with E-state index in [1.165, 1.54) is 18.2 Å². The first kappa shape index (κ1) is 19.6. The third-order valence-electron chi connectivity index (χ3n) is 3.62. The number of nitrogens with zero attached hydrogens (tertiary/aromatic N) is 1. The summed E-state index contributed by atoms with van der Waals surface area (Å²) in [4.78, 5) is 21.9. The number of carbonyl (C=O) groups is 1. The summed E-state index contributed by atoms with van der Waals surface area (Å²) < 4.78 is 28.9. The second-order valence-corrected chi connectivity index (χ2v) is 7.95. The van der Waals surface area contributed by atoms with E-state index in [2.05, 4.69) is 0 Å². The number of non-ortho nitro benzene ring substituents is 1. The highest BCUT2D eigenvalue weighted by Crippen LogP contribution is 2.14. The number of nitro benzene ring substituents is 1. The molecule has 2 rings (SSSR count).